The van der Waals surface area contributed by atoms with Crippen molar-refractivity contribution in [2.24, 2.45) is 0 Å². The Labute approximate surface area is 50.2 Å². The lowest BCUT2D eigenvalue weighted by atomic mass is 10.4. The molecule has 2 N–H and O–H groups in total. The standard InChI is InChI=1S/C6H13NO/c1-3-4-7-5-6(2)8/h7-8H,2-5H2,1H3. The second-order valence-corrected chi connectivity index (χ2v) is 1.74. The monoisotopic (exact) mass is 115 g/mol. The van der Waals surface area contributed by atoms with Crippen LogP contribution in [0, 0.1) is 0 Å². The van der Waals surface area contributed by atoms with Gasteiger partial charge in [0.1, 0.15) is 0 Å². The van der Waals surface area contributed by atoms with Crippen LogP contribution >= 0.6 is 0 Å². The van der Waals surface area contributed by atoms with E-state index in [0.717, 1.165) is 13.0 Å². The number of hydrogen-bond donors (Lipinski definition) is 2. The Bertz CT molecular complexity index is 70.9. The van der Waals surface area contributed by atoms with Crippen LogP contribution in [0.15, 0.2) is 12.3 Å². The average Bonchev–Trinajstić information content (AvgIpc) is 1.66. The third-order valence-corrected chi connectivity index (χ3v) is 0.756. The van der Waals surface area contributed by atoms with Crippen LogP contribution in [0.4, 0.5) is 0 Å². The molecule has 0 aliphatic heterocycles. The fourth-order valence-electron chi connectivity index (χ4n) is 0.409. The Hall–Kier alpha value is -0.500. The van der Waals surface area contributed by atoms with Crippen LogP contribution in [-0.4, -0.2) is 18.2 Å². The van der Waals surface area contributed by atoms with Gasteiger partial charge < -0.3 is 10.4 Å². The first kappa shape index (κ1) is 7.50. The minimum absolute atomic E-state index is 0.207. The first-order valence-corrected chi connectivity index (χ1v) is 2.84. The highest BCUT2D eigenvalue weighted by molar-refractivity contribution is 4.80. The van der Waals surface area contributed by atoms with Crippen LogP contribution in [0.2, 0.25) is 0 Å². The van der Waals surface area contributed by atoms with Crippen LogP contribution in [0.3, 0.4) is 0 Å². The van der Waals surface area contributed by atoms with Crippen molar-refractivity contribution in [3.63, 3.8) is 0 Å². The maximum Gasteiger partial charge on any atom is 0.0988 e. The van der Waals surface area contributed by atoms with Crippen LogP contribution < -0.4 is 5.32 Å². The van der Waals surface area contributed by atoms with Crippen molar-refractivity contribution in [3.05, 3.63) is 12.3 Å². The first-order chi connectivity index (χ1) is 3.77. The molecule has 0 aromatic rings. The summed E-state index contributed by atoms with van der Waals surface area (Å²) < 4.78 is 0. The number of aliphatic hydroxyl groups is 1. The number of rotatable bonds is 4. The number of hydrogen-bond acceptors (Lipinski definition) is 2. The fraction of sp³-hybridized carbons (Fsp3) is 0.667. The van der Waals surface area contributed by atoms with E-state index >= 15 is 0 Å². The molecule has 0 aromatic carbocycles. The molecule has 0 bridgehead atoms. The Balaban J connectivity index is 2.82. The van der Waals surface area contributed by atoms with Gasteiger partial charge in [-0.3, -0.25) is 0 Å². The van der Waals surface area contributed by atoms with Crippen LogP contribution in [0.1, 0.15) is 13.3 Å². The molecule has 0 spiro atoms. The molecule has 0 saturated heterocycles. The van der Waals surface area contributed by atoms with Gasteiger partial charge in [0.05, 0.1) is 12.3 Å². The molecule has 0 aliphatic rings. The molecule has 0 saturated carbocycles. The SMILES string of the molecule is C=C(O)CNCCC. The van der Waals surface area contributed by atoms with Crippen molar-refractivity contribution in [1.82, 2.24) is 5.32 Å². The first-order valence-electron chi connectivity index (χ1n) is 2.84. The highest BCUT2D eigenvalue weighted by atomic mass is 16.3. The summed E-state index contributed by atoms with van der Waals surface area (Å²) in [6.45, 7) is 6.86. The number of nitrogens with one attached hydrogen (secondary N) is 1. The average molecular weight is 115 g/mol. The second-order valence-electron chi connectivity index (χ2n) is 1.74. The van der Waals surface area contributed by atoms with Gasteiger partial charge in [-0.05, 0) is 13.0 Å². The summed E-state index contributed by atoms with van der Waals surface area (Å²) in [4.78, 5) is 0. The topological polar surface area (TPSA) is 32.3 Å². The van der Waals surface area contributed by atoms with Crippen molar-refractivity contribution in [2.45, 2.75) is 13.3 Å². The molecule has 0 heterocycles. The third-order valence-electron chi connectivity index (χ3n) is 0.756. The summed E-state index contributed by atoms with van der Waals surface area (Å²) in [6, 6.07) is 0. The van der Waals surface area contributed by atoms with E-state index in [2.05, 4.69) is 18.8 Å². The molecule has 0 amide bonds. The lowest BCUT2D eigenvalue weighted by molar-refractivity contribution is 0.392. The third kappa shape index (κ3) is 5.50. The normalized spacial score (nSPS) is 9.12. The van der Waals surface area contributed by atoms with Gasteiger partial charge in [-0.25, -0.2) is 0 Å². The highest BCUT2D eigenvalue weighted by Gasteiger charge is 1.83. The molecule has 0 radical (unpaired) electrons. The van der Waals surface area contributed by atoms with E-state index in [0.29, 0.717) is 6.54 Å². The van der Waals surface area contributed by atoms with Gasteiger partial charge in [-0.1, -0.05) is 13.5 Å². The molecular formula is C6H13NO. The zero-order chi connectivity index (χ0) is 6.41. The van der Waals surface area contributed by atoms with Gasteiger partial charge in [0, 0.05) is 0 Å². The maximum absolute atomic E-state index is 8.52. The zero-order valence-electron chi connectivity index (χ0n) is 5.28. The molecule has 2 nitrogen and oxygen atoms in total. The molecule has 0 atom stereocenters. The summed E-state index contributed by atoms with van der Waals surface area (Å²) >= 11 is 0. The van der Waals surface area contributed by atoms with Crippen molar-refractivity contribution in [2.75, 3.05) is 13.1 Å². The van der Waals surface area contributed by atoms with Gasteiger partial charge in [0.2, 0.25) is 0 Å². The van der Waals surface area contributed by atoms with E-state index < -0.39 is 0 Å². The fourth-order valence-corrected chi connectivity index (χ4v) is 0.409. The predicted octanol–water partition coefficient (Wildman–Crippen LogP) is 1.06. The molecule has 8 heavy (non-hydrogen) atoms. The summed E-state index contributed by atoms with van der Waals surface area (Å²) in [7, 11) is 0. The second kappa shape index (κ2) is 4.65. The van der Waals surface area contributed by atoms with Crippen molar-refractivity contribution < 1.29 is 5.11 Å². The lowest BCUT2D eigenvalue weighted by Crippen LogP contribution is -2.16. The van der Waals surface area contributed by atoms with Crippen LogP contribution in [-0.2, 0) is 0 Å². The minimum Gasteiger partial charge on any atom is -0.512 e. The van der Waals surface area contributed by atoms with Gasteiger partial charge >= 0.3 is 0 Å². The smallest absolute Gasteiger partial charge is 0.0988 e. The maximum atomic E-state index is 8.52. The van der Waals surface area contributed by atoms with Crippen molar-refractivity contribution in [1.29, 1.82) is 0 Å². The van der Waals surface area contributed by atoms with Gasteiger partial charge in [0.25, 0.3) is 0 Å². The number of aliphatic hydroxyl groups excluding tert-OH is 1. The molecule has 2 heteroatoms. The van der Waals surface area contributed by atoms with Crippen molar-refractivity contribution in [3.8, 4) is 0 Å². The van der Waals surface area contributed by atoms with Crippen LogP contribution in [0.5, 0.6) is 0 Å². The van der Waals surface area contributed by atoms with Crippen molar-refractivity contribution >= 4 is 0 Å². The Kier molecular flexibility index (Phi) is 4.36. The van der Waals surface area contributed by atoms with Gasteiger partial charge in [-0.2, -0.15) is 0 Å². The Morgan fingerprint density at radius 1 is 1.75 bits per heavy atom. The molecule has 0 aliphatic carbocycles. The summed E-state index contributed by atoms with van der Waals surface area (Å²) in [5.74, 6) is 0.207. The quantitative estimate of drug-likeness (QED) is 0.424. The summed E-state index contributed by atoms with van der Waals surface area (Å²) in [5, 5.41) is 11.5. The summed E-state index contributed by atoms with van der Waals surface area (Å²) in [5.41, 5.74) is 0. The summed E-state index contributed by atoms with van der Waals surface area (Å²) in [6.07, 6.45) is 1.09. The minimum atomic E-state index is 0.207. The Morgan fingerprint density at radius 3 is 2.75 bits per heavy atom. The van der Waals surface area contributed by atoms with Gasteiger partial charge in [-0.15, -0.1) is 0 Å². The largest absolute Gasteiger partial charge is 0.512 e. The molecular weight excluding hydrogens is 102 g/mol. The van der Waals surface area contributed by atoms with E-state index in [9.17, 15) is 0 Å². The lowest BCUT2D eigenvalue weighted by Gasteiger charge is -1.98. The predicted molar refractivity (Wildman–Crippen MR) is 34.9 cm³/mol. The van der Waals surface area contributed by atoms with E-state index in [1.165, 1.54) is 0 Å². The van der Waals surface area contributed by atoms with Crippen LogP contribution in [0.25, 0.3) is 0 Å². The zero-order valence-corrected chi connectivity index (χ0v) is 5.28. The Morgan fingerprint density at radius 2 is 2.38 bits per heavy atom. The van der Waals surface area contributed by atoms with E-state index in [4.69, 9.17) is 5.11 Å². The molecule has 48 valence electrons. The van der Waals surface area contributed by atoms with E-state index in [1.807, 2.05) is 0 Å². The molecule has 0 unspecified atom stereocenters. The molecule has 0 aromatic heterocycles. The van der Waals surface area contributed by atoms with E-state index in [1.54, 1.807) is 0 Å². The molecule has 0 fully saturated rings. The van der Waals surface area contributed by atoms with E-state index in [-0.39, 0.29) is 5.76 Å². The molecule has 0 rings (SSSR count). The van der Waals surface area contributed by atoms with Gasteiger partial charge in [0.15, 0.2) is 0 Å². The highest BCUT2D eigenvalue weighted by Crippen LogP contribution is 1.76.